The molecule has 0 amide bonds. The van der Waals surface area contributed by atoms with Gasteiger partial charge in [0, 0.05) is 12.5 Å². The summed E-state index contributed by atoms with van der Waals surface area (Å²) in [5.41, 5.74) is 0.660. The summed E-state index contributed by atoms with van der Waals surface area (Å²) < 4.78 is 5.80. The smallest absolute Gasteiger partial charge is 0.0632 e. The van der Waals surface area contributed by atoms with Crippen LogP contribution in [0.3, 0.4) is 0 Å². The molecule has 1 nitrogen and oxygen atoms in total. The number of fused-ring (bicyclic) bond motifs is 1. The molecule has 3 unspecified atom stereocenters. The monoisotopic (exact) mass is 208 g/mol. The molecule has 0 saturated heterocycles. The molecule has 0 aliphatic heterocycles. The molecule has 3 aliphatic rings. The van der Waals surface area contributed by atoms with Crippen molar-refractivity contribution in [2.75, 3.05) is 7.11 Å². The molecule has 3 rings (SSSR count). The lowest BCUT2D eigenvalue weighted by molar-refractivity contribution is -0.0263. The summed E-state index contributed by atoms with van der Waals surface area (Å²) in [4.78, 5) is 0. The van der Waals surface area contributed by atoms with Crippen LogP contribution in [0.1, 0.15) is 57.8 Å². The van der Waals surface area contributed by atoms with Crippen molar-refractivity contribution in [1.82, 2.24) is 0 Å². The van der Waals surface area contributed by atoms with Crippen LogP contribution in [0.25, 0.3) is 0 Å². The Morgan fingerprint density at radius 1 is 0.867 bits per heavy atom. The van der Waals surface area contributed by atoms with E-state index in [0.717, 1.165) is 11.8 Å². The van der Waals surface area contributed by atoms with Gasteiger partial charge < -0.3 is 4.74 Å². The van der Waals surface area contributed by atoms with Crippen LogP contribution >= 0.6 is 0 Å². The summed E-state index contributed by atoms with van der Waals surface area (Å²) in [6.07, 6.45) is 13.8. The third-order valence-corrected chi connectivity index (χ3v) is 5.47. The molecule has 0 spiro atoms. The lowest BCUT2D eigenvalue weighted by Crippen LogP contribution is -2.36. The van der Waals surface area contributed by atoms with Crippen molar-refractivity contribution in [2.24, 2.45) is 17.3 Å². The Hall–Kier alpha value is -0.0400. The average Bonchev–Trinajstić information content (AvgIpc) is 3.05. The molecule has 0 aromatic carbocycles. The van der Waals surface area contributed by atoms with Gasteiger partial charge in [0.05, 0.1) is 6.10 Å². The summed E-state index contributed by atoms with van der Waals surface area (Å²) in [6, 6.07) is 0. The van der Waals surface area contributed by atoms with Gasteiger partial charge in [-0.05, 0) is 43.9 Å². The number of ether oxygens (including phenoxy) is 1. The second-order valence-electron chi connectivity index (χ2n) is 6.00. The number of rotatable bonds is 2. The van der Waals surface area contributed by atoms with Crippen LogP contribution < -0.4 is 0 Å². The zero-order valence-electron chi connectivity index (χ0n) is 10.0. The molecule has 0 heterocycles. The van der Waals surface area contributed by atoms with Crippen molar-refractivity contribution >= 4 is 0 Å². The van der Waals surface area contributed by atoms with Crippen LogP contribution in [-0.4, -0.2) is 13.2 Å². The SMILES string of the molecule is COC1CCCC2CC21C1CCCCC1. The summed E-state index contributed by atoms with van der Waals surface area (Å²) >= 11 is 0. The Labute approximate surface area is 93.6 Å². The number of methoxy groups -OCH3 is 1. The zero-order chi connectivity index (χ0) is 10.3. The van der Waals surface area contributed by atoms with Gasteiger partial charge in [0.1, 0.15) is 0 Å². The highest BCUT2D eigenvalue weighted by Crippen LogP contribution is 2.68. The predicted molar refractivity (Wildman–Crippen MR) is 61.8 cm³/mol. The summed E-state index contributed by atoms with van der Waals surface area (Å²) in [7, 11) is 1.94. The molecular weight excluding hydrogens is 184 g/mol. The van der Waals surface area contributed by atoms with Gasteiger partial charge in [-0.25, -0.2) is 0 Å². The van der Waals surface area contributed by atoms with Crippen molar-refractivity contribution in [3.63, 3.8) is 0 Å². The van der Waals surface area contributed by atoms with Crippen LogP contribution in [0.5, 0.6) is 0 Å². The molecule has 0 aromatic rings. The quantitative estimate of drug-likeness (QED) is 0.671. The highest BCUT2D eigenvalue weighted by atomic mass is 16.5. The molecular formula is C14H24O. The highest BCUT2D eigenvalue weighted by molar-refractivity contribution is 5.12. The molecule has 0 radical (unpaired) electrons. The minimum Gasteiger partial charge on any atom is -0.381 e. The maximum absolute atomic E-state index is 5.80. The third-order valence-electron chi connectivity index (χ3n) is 5.47. The standard InChI is InChI=1S/C14H24O/c1-15-13-9-5-8-12-10-14(12,13)11-6-3-2-4-7-11/h11-13H,2-10H2,1H3. The Morgan fingerprint density at radius 2 is 1.60 bits per heavy atom. The average molecular weight is 208 g/mol. The summed E-state index contributed by atoms with van der Waals surface area (Å²) in [5, 5.41) is 0. The number of hydrogen-bond donors (Lipinski definition) is 0. The maximum atomic E-state index is 5.80. The highest BCUT2D eigenvalue weighted by Gasteiger charge is 2.63. The van der Waals surface area contributed by atoms with Crippen molar-refractivity contribution in [2.45, 2.75) is 63.9 Å². The second-order valence-corrected chi connectivity index (χ2v) is 6.00. The molecule has 0 bridgehead atoms. The fourth-order valence-electron chi connectivity index (χ4n) is 4.69. The molecule has 15 heavy (non-hydrogen) atoms. The van der Waals surface area contributed by atoms with Crippen molar-refractivity contribution in [3.8, 4) is 0 Å². The van der Waals surface area contributed by atoms with Gasteiger partial charge in [0.2, 0.25) is 0 Å². The van der Waals surface area contributed by atoms with Gasteiger partial charge in [0.25, 0.3) is 0 Å². The predicted octanol–water partition coefficient (Wildman–Crippen LogP) is 3.77. The van der Waals surface area contributed by atoms with Gasteiger partial charge in [-0.2, -0.15) is 0 Å². The Bertz CT molecular complexity index is 231. The van der Waals surface area contributed by atoms with Gasteiger partial charge in [-0.3, -0.25) is 0 Å². The maximum Gasteiger partial charge on any atom is 0.0632 e. The topological polar surface area (TPSA) is 9.23 Å². The lowest BCUT2D eigenvalue weighted by atomic mass is 9.70. The van der Waals surface area contributed by atoms with Crippen LogP contribution in [0.4, 0.5) is 0 Å². The van der Waals surface area contributed by atoms with Crippen LogP contribution in [0.2, 0.25) is 0 Å². The van der Waals surface area contributed by atoms with Crippen LogP contribution in [-0.2, 0) is 4.74 Å². The molecule has 3 aliphatic carbocycles. The van der Waals surface area contributed by atoms with E-state index in [1.807, 2.05) is 7.11 Å². The second kappa shape index (κ2) is 3.76. The Balaban J connectivity index is 1.76. The summed E-state index contributed by atoms with van der Waals surface area (Å²) in [6.45, 7) is 0. The Kier molecular flexibility index (Phi) is 2.54. The van der Waals surface area contributed by atoms with E-state index in [2.05, 4.69) is 0 Å². The van der Waals surface area contributed by atoms with E-state index in [4.69, 9.17) is 4.74 Å². The third kappa shape index (κ3) is 1.46. The molecule has 3 atom stereocenters. The van der Waals surface area contributed by atoms with E-state index >= 15 is 0 Å². The van der Waals surface area contributed by atoms with Crippen LogP contribution in [0.15, 0.2) is 0 Å². The lowest BCUT2D eigenvalue weighted by Gasteiger charge is -2.39. The summed E-state index contributed by atoms with van der Waals surface area (Å²) in [5.74, 6) is 2.06. The van der Waals surface area contributed by atoms with Crippen molar-refractivity contribution in [1.29, 1.82) is 0 Å². The first-order valence-electron chi connectivity index (χ1n) is 6.90. The van der Waals surface area contributed by atoms with Gasteiger partial charge in [0.15, 0.2) is 0 Å². The fourth-order valence-corrected chi connectivity index (χ4v) is 4.69. The van der Waals surface area contributed by atoms with E-state index < -0.39 is 0 Å². The van der Waals surface area contributed by atoms with Gasteiger partial charge >= 0.3 is 0 Å². The van der Waals surface area contributed by atoms with E-state index in [-0.39, 0.29) is 0 Å². The van der Waals surface area contributed by atoms with Crippen molar-refractivity contribution in [3.05, 3.63) is 0 Å². The van der Waals surface area contributed by atoms with E-state index in [1.54, 1.807) is 0 Å². The van der Waals surface area contributed by atoms with E-state index in [1.165, 1.54) is 57.8 Å². The van der Waals surface area contributed by atoms with Gasteiger partial charge in [-0.15, -0.1) is 0 Å². The van der Waals surface area contributed by atoms with E-state index in [0.29, 0.717) is 11.5 Å². The molecule has 86 valence electrons. The first kappa shape index (κ1) is 10.1. The molecule has 3 saturated carbocycles. The molecule has 3 fully saturated rings. The largest absolute Gasteiger partial charge is 0.381 e. The zero-order valence-corrected chi connectivity index (χ0v) is 10.0. The fraction of sp³-hybridized carbons (Fsp3) is 1.00. The molecule has 1 heteroatoms. The molecule has 0 N–H and O–H groups in total. The minimum atomic E-state index is 0.611. The minimum absolute atomic E-state index is 0.611. The van der Waals surface area contributed by atoms with Crippen LogP contribution in [0, 0.1) is 17.3 Å². The normalized spacial score (nSPS) is 46.2. The number of hydrogen-bond acceptors (Lipinski definition) is 1. The van der Waals surface area contributed by atoms with Crippen molar-refractivity contribution < 1.29 is 4.74 Å². The first-order valence-corrected chi connectivity index (χ1v) is 6.90. The Morgan fingerprint density at radius 3 is 2.33 bits per heavy atom. The van der Waals surface area contributed by atoms with E-state index in [9.17, 15) is 0 Å². The molecule has 0 aromatic heterocycles. The first-order chi connectivity index (χ1) is 7.38. The van der Waals surface area contributed by atoms with Gasteiger partial charge in [-0.1, -0.05) is 25.7 Å².